The summed E-state index contributed by atoms with van der Waals surface area (Å²) in [5.41, 5.74) is 1.20. The predicted octanol–water partition coefficient (Wildman–Crippen LogP) is 4.89. The lowest BCUT2D eigenvalue weighted by Gasteiger charge is -2.39. The van der Waals surface area contributed by atoms with Crippen molar-refractivity contribution in [3.8, 4) is 0 Å². The molecule has 0 heterocycles. The molecule has 0 spiro atoms. The third-order valence-electron chi connectivity index (χ3n) is 6.27. The van der Waals surface area contributed by atoms with Crippen LogP contribution in [0.5, 0.6) is 0 Å². The first-order chi connectivity index (χ1) is 9.75. The molecular weight excluding hydrogens is 397 g/mol. The Morgan fingerprint density at radius 3 is 2.67 bits per heavy atom. The van der Waals surface area contributed by atoms with Gasteiger partial charge in [-0.2, -0.15) is 0 Å². The molecular formula is C17H21ClINO. The van der Waals surface area contributed by atoms with Crippen molar-refractivity contribution < 1.29 is 4.79 Å². The molecule has 2 saturated carbocycles. The van der Waals surface area contributed by atoms with Gasteiger partial charge in [-0.25, -0.2) is 0 Å². The topological polar surface area (TPSA) is 29.1 Å². The summed E-state index contributed by atoms with van der Waals surface area (Å²) >= 11 is 8.22. The van der Waals surface area contributed by atoms with Crippen LogP contribution in [0, 0.1) is 20.3 Å². The summed E-state index contributed by atoms with van der Waals surface area (Å²) in [6.07, 6.45) is 3.61. The number of rotatable bonds is 2. The summed E-state index contributed by atoms with van der Waals surface area (Å²) < 4.78 is 0.946. The molecule has 21 heavy (non-hydrogen) atoms. The fourth-order valence-electron chi connectivity index (χ4n) is 4.33. The largest absolute Gasteiger partial charge is 0.349 e. The van der Waals surface area contributed by atoms with Gasteiger partial charge in [-0.1, -0.05) is 32.4 Å². The molecule has 2 aliphatic carbocycles. The summed E-state index contributed by atoms with van der Waals surface area (Å²) in [5, 5.41) is 3.90. The van der Waals surface area contributed by atoms with Crippen LogP contribution in [0.2, 0.25) is 5.02 Å². The number of hydrogen-bond donors (Lipinski definition) is 1. The Morgan fingerprint density at radius 2 is 2.10 bits per heavy atom. The molecule has 3 atom stereocenters. The van der Waals surface area contributed by atoms with Gasteiger partial charge in [-0.3, -0.25) is 4.79 Å². The van der Waals surface area contributed by atoms with E-state index < -0.39 is 0 Å². The summed E-state index contributed by atoms with van der Waals surface area (Å²) in [7, 11) is 0. The summed E-state index contributed by atoms with van der Waals surface area (Å²) in [4.78, 5) is 12.6. The molecule has 2 nitrogen and oxygen atoms in total. The fraction of sp³-hybridized carbons (Fsp3) is 0.588. The lowest BCUT2D eigenvalue weighted by Crippen LogP contribution is -2.47. The van der Waals surface area contributed by atoms with Crippen molar-refractivity contribution in [1.82, 2.24) is 5.32 Å². The Kier molecular flexibility index (Phi) is 3.80. The number of amides is 1. The van der Waals surface area contributed by atoms with Crippen LogP contribution in [-0.4, -0.2) is 11.9 Å². The normalized spacial score (nSPS) is 33.2. The van der Waals surface area contributed by atoms with E-state index >= 15 is 0 Å². The van der Waals surface area contributed by atoms with Crippen molar-refractivity contribution in [3.05, 3.63) is 32.4 Å². The van der Waals surface area contributed by atoms with Gasteiger partial charge in [-0.05, 0) is 76.8 Å². The SMILES string of the molecule is CC1(C)C2CCC1(C)C(NC(=O)c1cc(Cl)ccc1I)C2. The molecule has 0 aromatic heterocycles. The van der Waals surface area contributed by atoms with Gasteiger partial charge in [-0.15, -0.1) is 0 Å². The monoisotopic (exact) mass is 417 g/mol. The van der Waals surface area contributed by atoms with Gasteiger partial charge in [0.25, 0.3) is 5.91 Å². The van der Waals surface area contributed by atoms with Crippen LogP contribution >= 0.6 is 34.2 Å². The second kappa shape index (κ2) is 5.12. The highest BCUT2D eigenvalue weighted by Crippen LogP contribution is 2.65. The van der Waals surface area contributed by atoms with Crippen LogP contribution < -0.4 is 5.32 Å². The average molecular weight is 418 g/mol. The van der Waals surface area contributed by atoms with E-state index in [0.717, 1.165) is 15.9 Å². The molecule has 1 N–H and O–H groups in total. The Bertz CT molecular complexity index is 600. The lowest BCUT2D eigenvalue weighted by molar-refractivity contribution is 0.0825. The van der Waals surface area contributed by atoms with E-state index in [1.54, 1.807) is 6.07 Å². The van der Waals surface area contributed by atoms with E-state index in [0.29, 0.717) is 16.0 Å². The Balaban J connectivity index is 1.82. The zero-order chi connectivity index (χ0) is 15.4. The molecule has 2 bridgehead atoms. The molecule has 0 aliphatic heterocycles. The molecule has 114 valence electrons. The summed E-state index contributed by atoms with van der Waals surface area (Å²) in [5.74, 6) is 0.739. The lowest BCUT2D eigenvalue weighted by atomic mass is 9.69. The van der Waals surface area contributed by atoms with Gasteiger partial charge in [0.05, 0.1) is 5.56 Å². The van der Waals surface area contributed by atoms with Gasteiger partial charge in [0.15, 0.2) is 0 Å². The third-order valence-corrected chi connectivity index (χ3v) is 7.45. The highest BCUT2D eigenvalue weighted by Gasteiger charge is 2.61. The molecule has 2 aliphatic rings. The molecule has 4 heteroatoms. The average Bonchev–Trinajstić information content (AvgIpc) is 2.74. The first kappa shape index (κ1) is 15.6. The number of carbonyl (C=O) groups excluding carboxylic acids is 1. The fourth-order valence-corrected chi connectivity index (χ4v) is 5.08. The van der Waals surface area contributed by atoms with E-state index in [1.807, 2.05) is 12.1 Å². The first-order valence-corrected chi connectivity index (χ1v) is 8.97. The molecule has 1 aromatic rings. The van der Waals surface area contributed by atoms with Gasteiger partial charge in [0.2, 0.25) is 0 Å². The van der Waals surface area contributed by atoms with Crippen molar-refractivity contribution >= 4 is 40.1 Å². The Morgan fingerprint density at radius 1 is 1.38 bits per heavy atom. The van der Waals surface area contributed by atoms with E-state index in [4.69, 9.17) is 11.6 Å². The zero-order valence-electron chi connectivity index (χ0n) is 12.7. The maximum absolute atomic E-state index is 12.6. The number of hydrogen-bond acceptors (Lipinski definition) is 1. The molecule has 3 unspecified atom stereocenters. The number of benzene rings is 1. The minimum Gasteiger partial charge on any atom is -0.349 e. The molecule has 0 radical (unpaired) electrons. The minimum absolute atomic E-state index is 0.0106. The standard InChI is InChI=1S/C17H21ClINO/c1-16(2)10-6-7-17(16,3)14(8-10)20-15(21)12-9-11(18)4-5-13(12)19/h4-5,9-10,14H,6-8H2,1-3H3,(H,20,21). The smallest absolute Gasteiger partial charge is 0.252 e. The van der Waals surface area contributed by atoms with E-state index in [9.17, 15) is 4.79 Å². The van der Waals surface area contributed by atoms with Crippen molar-refractivity contribution in [3.63, 3.8) is 0 Å². The summed E-state index contributed by atoms with van der Waals surface area (Å²) in [6, 6.07) is 5.75. The number of halogens is 2. The maximum atomic E-state index is 12.6. The highest BCUT2D eigenvalue weighted by atomic mass is 127. The van der Waals surface area contributed by atoms with E-state index in [2.05, 4.69) is 48.7 Å². The van der Waals surface area contributed by atoms with Gasteiger partial charge < -0.3 is 5.32 Å². The van der Waals surface area contributed by atoms with E-state index in [-0.39, 0.29) is 17.4 Å². The molecule has 1 amide bonds. The Labute approximate surface area is 145 Å². The maximum Gasteiger partial charge on any atom is 0.252 e. The second-order valence-electron chi connectivity index (χ2n) is 7.26. The van der Waals surface area contributed by atoms with Crippen molar-refractivity contribution in [2.45, 2.75) is 46.1 Å². The minimum atomic E-state index is 0.0106. The number of fused-ring (bicyclic) bond motifs is 2. The van der Waals surface area contributed by atoms with Crippen molar-refractivity contribution in [2.75, 3.05) is 0 Å². The van der Waals surface area contributed by atoms with Crippen LogP contribution in [0.4, 0.5) is 0 Å². The van der Waals surface area contributed by atoms with Crippen LogP contribution in [0.15, 0.2) is 18.2 Å². The van der Waals surface area contributed by atoms with Gasteiger partial charge in [0.1, 0.15) is 0 Å². The third kappa shape index (κ3) is 2.31. The van der Waals surface area contributed by atoms with Crippen LogP contribution in [-0.2, 0) is 0 Å². The molecule has 2 fully saturated rings. The van der Waals surface area contributed by atoms with Crippen molar-refractivity contribution in [1.29, 1.82) is 0 Å². The quantitative estimate of drug-likeness (QED) is 0.682. The molecule has 3 rings (SSSR count). The summed E-state index contributed by atoms with van der Waals surface area (Å²) in [6.45, 7) is 7.06. The zero-order valence-corrected chi connectivity index (χ0v) is 15.6. The second-order valence-corrected chi connectivity index (χ2v) is 8.86. The van der Waals surface area contributed by atoms with E-state index in [1.165, 1.54) is 12.8 Å². The Hall–Kier alpha value is -0.290. The van der Waals surface area contributed by atoms with Gasteiger partial charge in [0, 0.05) is 14.6 Å². The van der Waals surface area contributed by atoms with Crippen LogP contribution in [0.3, 0.4) is 0 Å². The number of carbonyl (C=O) groups is 1. The van der Waals surface area contributed by atoms with Crippen LogP contribution in [0.25, 0.3) is 0 Å². The van der Waals surface area contributed by atoms with Crippen molar-refractivity contribution in [2.24, 2.45) is 16.7 Å². The highest BCUT2D eigenvalue weighted by molar-refractivity contribution is 14.1. The molecule has 1 aromatic carbocycles. The first-order valence-electron chi connectivity index (χ1n) is 7.51. The van der Waals surface area contributed by atoms with Crippen LogP contribution in [0.1, 0.15) is 50.4 Å². The predicted molar refractivity (Wildman–Crippen MR) is 94.7 cm³/mol. The number of nitrogens with one attached hydrogen (secondary N) is 1. The van der Waals surface area contributed by atoms with Gasteiger partial charge >= 0.3 is 0 Å². The molecule has 0 saturated heterocycles.